The van der Waals surface area contributed by atoms with E-state index in [-0.39, 0.29) is 6.61 Å². The first kappa shape index (κ1) is 22.4. The van der Waals surface area contributed by atoms with E-state index in [1.54, 1.807) is 11.8 Å². The number of likely N-dealkylation sites (N-methyl/N-ethyl adjacent to an activating group) is 1. The Kier molecular flexibility index (Phi) is 9.57. The maximum atomic E-state index is 9.52. The molecular formula is C22H28ClNOS. The summed E-state index contributed by atoms with van der Waals surface area (Å²) in [4.78, 5) is 4.01. The molecule has 2 rings (SSSR count). The van der Waals surface area contributed by atoms with E-state index in [0.29, 0.717) is 0 Å². The Morgan fingerprint density at radius 2 is 1.69 bits per heavy atom. The SMILES string of the molecule is C=C(C)N(C)/C(CO)=C(\C)Sc1cc(C)cc(Cl)c1.Cc1ccccc1. The minimum atomic E-state index is -0.0122. The molecule has 0 radical (unpaired) electrons. The molecule has 0 heterocycles. The summed E-state index contributed by atoms with van der Waals surface area (Å²) in [6.07, 6.45) is 0. The van der Waals surface area contributed by atoms with Crippen LogP contribution >= 0.6 is 23.4 Å². The number of aliphatic hydroxyl groups is 1. The van der Waals surface area contributed by atoms with Gasteiger partial charge in [-0.2, -0.15) is 0 Å². The Labute approximate surface area is 167 Å². The van der Waals surface area contributed by atoms with Gasteiger partial charge in [-0.05, 0) is 51.5 Å². The second-order valence-corrected chi connectivity index (χ2v) is 7.90. The van der Waals surface area contributed by atoms with Gasteiger partial charge in [-0.25, -0.2) is 0 Å². The molecule has 0 aliphatic carbocycles. The van der Waals surface area contributed by atoms with Gasteiger partial charge in [-0.15, -0.1) is 0 Å². The van der Waals surface area contributed by atoms with Crippen molar-refractivity contribution in [2.24, 2.45) is 0 Å². The fraction of sp³-hybridized carbons (Fsp3) is 0.273. The van der Waals surface area contributed by atoms with Gasteiger partial charge in [0.05, 0.1) is 12.3 Å². The molecule has 2 nitrogen and oxygen atoms in total. The van der Waals surface area contributed by atoms with Crippen LogP contribution in [0.1, 0.15) is 25.0 Å². The normalized spacial score (nSPS) is 11.2. The van der Waals surface area contributed by atoms with Gasteiger partial charge in [0.1, 0.15) is 0 Å². The first-order chi connectivity index (χ1) is 12.2. The fourth-order valence-corrected chi connectivity index (χ4v) is 3.67. The van der Waals surface area contributed by atoms with E-state index in [2.05, 4.69) is 31.7 Å². The van der Waals surface area contributed by atoms with Crippen molar-refractivity contribution in [2.75, 3.05) is 13.7 Å². The van der Waals surface area contributed by atoms with E-state index in [9.17, 15) is 5.11 Å². The Bertz CT molecular complexity index is 736. The van der Waals surface area contributed by atoms with Gasteiger partial charge in [0, 0.05) is 27.6 Å². The van der Waals surface area contributed by atoms with Crippen molar-refractivity contribution in [1.29, 1.82) is 0 Å². The standard InChI is InChI=1S/C15H20ClNOS.C7H8/c1-10(2)17(5)15(9-18)12(4)19-14-7-11(3)6-13(16)8-14;1-7-5-3-2-4-6-7/h6-8,18H,1,9H2,2-5H3;2-6H,1H3/b15-12+;. The summed E-state index contributed by atoms with van der Waals surface area (Å²) in [6.45, 7) is 11.9. The molecule has 140 valence electrons. The molecule has 0 spiro atoms. The lowest BCUT2D eigenvalue weighted by Crippen LogP contribution is -2.18. The number of rotatable bonds is 5. The summed E-state index contributed by atoms with van der Waals surface area (Å²) < 4.78 is 0. The van der Waals surface area contributed by atoms with Gasteiger partial charge in [0.25, 0.3) is 0 Å². The van der Waals surface area contributed by atoms with Crippen molar-refractivity contribution in [3.8, 4) is 0 Å². The number of nitrogens with zero attached hydrogens (tertiary/aromatic N) is 1. The molecule has 0 saturated heterocycles. The van der Waals surface area contributed by atoms with Crippen LogP contribution in [0, 0.1) is 13.8 Å². The van der Waals surface area contributed by atoms with Crippen LogP contribution in [-0.2, 0) is 0 Å². The first-order valence-electron chi connectivity index (χ1n) is 8.41. The Morgan fingerprint density at radius 1 is 1.08 bits per heavy atom. The molecular weight excluding hydrogens is 362 g/mol. The van der Waals surface area contributed by atoms with Crippen LogP contribution < -0.4 is 0 Å². The van der Waals surface area contributed by atoms with Crippen LogP contribution in [0.25, 0.3) is 0 Å². The van der Waals surface area contributed by atoms with E-state index < -0.39 is 0 Å². The quantitative estimate of drug-likeness (QED) is 0.596. The predicted molar refractivity (Wildman–Crippen MR) is 116 cm³/mol. The first-order valence-corrected chi connectivity index (χ1v) is 9.60. The molecule has 2 aromatic carbocycles. The lowest BCUT2D eigenvalue weighted by Gasteiger charge is -2.23. The van der Waals surface area contributed by atoms with Gasteiger partial charge < -0.3 is 10.0 Å². The van der Waals surface area contributed by atoms with Crippen LogP contribution in [0.15, 0.2) is 76.3 Å². The van der Waals surface area contributed by atoms with Gasteiger partial charge in [-0.3, -0.25) is 0 Å². The molecule has 0 amide bonds. The van der Waals surface area contributed by atoms with Crippen LogP contribution in [0.3, 0.4) is 0 Å². The van der Waals surface area contributed by atoms with Crippen molar-refractivity contribution in [1.82, 2.24) is 4.90 Å². The number of halogens is 1. The molecule has 0 aliphatic heterocycles. The second-order valence-electron chi connectivity index (χ2n) is 6.18. The maximum absolute atomic E-state index is 9.52. The van der Waals surface area contributed by atoms with E-state index in [1.165, 1.54) is 5.56 Å². The highest BCUT2D eigenvalue weighted by atomic mass is 35.5. The molecule has 0 atom stereocenters. The molecule has 0 bridgehead atoms. The number of allylic oxidation sites excluding steroid dienone is 2. The molecule has 26 heavy (non-hydrogen) atoms. The topological polar surface area (TPSA) is 23.5 Å². The van der Waals surface area contributed by atoms with Gasteiger partial charge >= 0.3 is 0 Å². The summed E-state index contributed by atoms with van der Waals surface area (Å²) in [5.41, 5.74) is 4.20. The molecule has 1 N–H and O–H groups in total. The number of thioether (sulfide) groups is 1. The van der Waals surface area contributed by atoms with Crippen LogP contribution in [0.2, 0.25) is 5.02 Å². The van der Waals surface area contributed by atoms with Crippen LogP contribution in [-0.4, -0.2) is 23.7 Å². The molecule has 0 aliphatic rings. The van der Waals surface area contributed by atoms with E-state index in [4.69, 9.17) is 11.6 Å². The number of hydrogen-bond donors (Lipinski definition) is 1. The highest BCUT2D eigenvalue weighted by molar-refractivity contribution is 8.03. The molecule has 0 unspecified atom stereocenters. The summed E-state index contributed by atoms with van der Waals surface area (Å²) in [5.74, 6) is 0. The van der Waals surface area contributed by atoms with Crippen molar-refractivity contribution >= 4 is 23.4 Å². The third-order valence-corrected chi connectivity index (χ3v) is 4.99. The second kappa shape index (κ2) is 11.1. The zero-order valence-corrected chi connectivity index (χ0v) is 17.8. The van der Waals surface area contributed by atoms with Gasteiger partial charge in [0.2, 0.25) is 0 Å². The largest absolute Gasteiger partial charge is 0.390 e. The highest BCUT2D eigenvalue weighted by Gasteiger charge is 2.10. The van der Waals surface area contributed by atoms with E-state index >= 15 is 0 Å². The Balaban J connectivity index is 0.000000401. The molecule has 0 saturated carbocycles. The minimum Gasteiger partial charge on any atom is -0.390 e. The van der Waals surface area contributed by atoms with Crippen molar-refractivity contribution in [3.63, 3.8) is 0 Å². The van der Waals surface area contributed by atoms with Crippen LogP contribution in [0.5, 0.6) is 0 Å². The summed E-state index contributed by atoms with van der Waals surface area (Å²) in [5, 5.41) is 10.3. The van der Waals surface area contributed by atoms with E-state index in [1.807, 2.05) is 63.1 Å². The third kappa shape index (κ3) is 7.69. The van der Waals surface area contributed by atoms with Gasteiger partial charge in [0.15, 0.2) is 0 Å². The number of hydrogen-bond acceptors (Lipinski definition) is 3. The lowest BCUT2D eigenvalue weighted by molar-refractivity contribution is 0.292. The highest BCUT2D eigenvalue weighted by Crippen LogP contribution is 2.32. The summed E-state index contributed by atoms with van der Waals surface area (Å²) in [6, 6.07) is 16.2. The predicted octanol–water partition coefficient (Wildman–Crippen LogP) is 6.42. The summed E-state index contributed by atoms with van der Waals surface area (Å²) in [7, 11) is 1.90. The number of aliphatic hydroxyl groups excluding tert-OH is 1. The average Bonchev–Trinajstić information content (AvgIpc) is 2.55. The average molecular weight is 390 g/mol. The zero-order chi connectivity index (χ0) is 19.7. The smallest absolute Gasteiger partial charge is 0.0840 e. The van der Waals surface area contributed by atoms with Crippen molar-refractivity contribution in [2.45, 2.75) is 32.6 Å². The van der Waals surface area contributed by atoms with E-state index in [0.717, 1.165) is 31.8 Å². The number of aryl methyl sites for hydroxylation is 2. The van der Waals surface area contributed by atoms with Crippen molar-refractivity contribution in [3.05, 3.63) is 87.6 Å². The number of benzene rings is 2. The molecule has 4 heteroatoms. The molecule has 2 aromatic rings. The minimum absolute atomic E-state index is 0.0122. The fourth-order valence-electron chi connectivity index (χ4n) is 2.22. The molecule has 0 fully saturated rings. The monoisotopic (exact) mass is 389 g/mol. The van der Waals surface area contributed by atoms with Gasteiger partial charge in [-0.1, -0.05) is 65.8 Å². The summed E-state index contributed by atoms with van der Waals surface area (Å²) >= 11 is 7.66. The third-order valence-electron chi connectivity index (χ3n) is 3.76. The zero-order valence-electron chi connectivity index (χ0n) is 16.2. The van der Waals surface area contributed by atoms with Crippen molar-refractivity contribution < 1.29 is 5.11 Å². The maximum Gasteiger partial charge on any atom is 0.0840 e. The molecule has 0 aromatic heterocycles. The van der Waals surface area contributed by atoms with Crippen LogP contribution in [0.4, 0.5) is 0 Å². The Morgan fingerprint density at radius 3 is 2.12 bits per heavy atom. The Hall–Kier alpha value is -1.68. The lowest BCUT2D eigenvalue weighted by atomic mass is 10.2.